The minimum absolute atomic E-state index is 0.115. The van der Waals surface area contributed by atoms with Crippen molar-refractivity contribution in [2.45, 2.75) is 20.3 Å². The third-order valence-corrected chi connectivity index (χ3v) is 6.04. The van der Waals surface area contributed by atoms with Crippen LogP contribution < -0.4 is 15.1 Å². The number of hydrogen-bond donors (Lipinski definition) is 1. The van der Waals surface area contributed by atoms with Gasteiger partial charge in [0.1, 0.15) is 17.3 Å². The SMILES string of the molecule is CCc1cccc(N2C(=O)/C(=C\c3csc(N(C(C)=O)c4ccc(F)cc4F)n3)NC2=S)c1. The zero-order chi connectivity index (χ0) is 23.7. The molecule has 0 spiro atoms. The Morgan fingerprint density at radius 1 is 1.27 bits per heavy atom. The molecule has 1 aliphatic rings. The average Bonchev–Trinajstić information content (AvgIpc) is 3.33. The fourth-order valence-corrected chi connectivity index (χ4v) is 4.48. The zero-order valence-corrected chi connectivity index (χ0v) is 19.3. The van der Waals surface area contributed by atoms with E-state index in [1.807, 2.05) is 25.1 Å². The maximum atomic E-state index is 14.3. The number of amides is 2. The molecule has 0 bridgehead atoms. The summed E-state index contributed by atoms with van der Waals surface area (Å²) in [6, 6.07) is 10.5. The number of halogens is 2. The molecule has 1 fully saturated rings. The molecule has 4 rings (SSSR count). The Balaban J connectivity index is 1.63. The normalized spacial score (nSPS) is 14.7. The van der Waals surface area contributed by atoms with Gasteiger partial charge in [-0.25, -0.2) is 13.8 Å². The molecule has 0 unspecified atom stereocenters. The van der Waals surface area contributed by atoms with Crippen LogP contribution in [0.1, 0.15) is 25.1 Å². The number of benzene rings is 2. The molecule has 0 aliphatic carbocycles. The molecule has 0 radical (unpaired) electrons. The van der Waals surface area contributed by atoms with Crippen LogP contribution in [0.15, 0.2) is 53.5 Å². The first-order chi connectivity index (χ1) is 15.8. The number of aromatic nitrogens is 1. The Morgan fingerprint density at radius 2 is 2.06 bits per heavy atom. The van der Waals surface area contributed by atoms with Crippen LogP contribution in [-0.4, -0.2) is 21.9 Å². The lowest BCUT2D eigenvalue weighted by molar-refractivity contribution is -0.116. The van der Waals surface area contributed by atoms with Crippen molar-refractivity contribution in [1.29, 1.82) is 0 Å². The van der Waals surface area contributed by atoms with Gasteiger partial charge in [0.15, 0.2) is 10.2 Å². The summed E-state index contributed by atoms with van der Waals surface area (Å²) < 4.78 is 27.6. The highest BCUT2D eigenvalue weighted by Gasteiger charge is 2.32. The Hall–Kier alpha value is -3.50. The number of anilines is 3. The van der Waals surface area contributed by atoms with Gasteiger partial charge in [-0.05, 0) is 54.5 Å². The summed E-state index contributed by atoms with van der Waals surface area (Å²) >= 11 is 6.44. The molecule has 2 amide bonds. The average molecular weight is 485 g/mol. The Bertz CT molecular complexity index is 1310. The monoisotopic (exact) mass is 484 g/mol. The summed E-state index contributed by atoms with van der Waals surface area (Å²) in [7, 11) is 0. The molecule has 1 saturated heterocycles. The maximum absolute atomic E-state index is 14.3. The van der Waals surface area contributed by atoms with Gasteiger partial charge in [-0.3, -0.25) is 19.4 Å². The van der Waals surface area contributed by atoms with Crippen molar-refractivity contribution in [1.82, 2.24) is 10.3 Å². The molecular formula is C23H18F2N4O2S2. The van der Waals surface area contributed by atoms with Gasteiger partial charge in [0.25, 0.3) is 5.91 Å². The van der Waals surface area contributed by atoms with Crippen molar-refractivity contribution < 1.29 is 18.4 Å². The first kappa shape index (κ1) is 22.7. The number of carbonyl (C=O) groups is 2. The first-order valence-electron chi connectivity index (χ1n) is 9.96. The van der Waals surface area contributed by atoms with Gasteiger partial charge in [0.05, 0.1) is 17.1 Å². The number of nitrogens with one attached hydrogen (secondary N) is 1. The van der Waals surface area contributed by atoms with Crippen LogP contribution in [0.2, 0.25) is 0 Å². The highest BCUT2D eigenvalue weighted by molar-refractivity contribution is 7.80. The number of rotatable bonds is 5. The van der Waals surface area contributed by atoms with Gasteiger partial charge in [-0.2, -0.15) is 0 Å². The third-order valence-electron chi connectivity index (χ3n) is 4.91. The number of nitrogens with zero attached hydrogens (tertiary/aromatic N) is 3. The van der Waals surface area contributed by atoms with Crippen LogP contribution >= 0.6 is 23.6 Å². The van der Waals surface area contributed by atoms with E-state index < -0.39 is 17.5 Å². The van der Waals surface area contributed by atoms with Crippen molar-refractivity contribution in [3.05, 3.63) is 76.4 Å². The lowest BCUT2D eigenvalue weighted by Gasteiger charge is -2.18. The Morgan fingerprint density at radius 3 is 2.76 bits per heavy atom. The lowest BCUT2D eigenvalue weighted by atomic mass is 10.1. The second kappa shape index (κ2) is 9.16. The molecule has 2 aromatic carbocycles. The van der Waals surface area contributed by atoms with Gasteiger partial charge in [0, 0.05) is 18.4 Å². The summed E-state index contributed by atoms with van der Waals surface area (Å²) in [6.45, 7) is 3.28. The molecule has 1 N–H and O–H groups in total. The summed E-state index contributed by atoms with van der Waals surface area (Å²) in [6.07, 6.45) is 2.33. The number of thiazole rings is 1. The summed E-state index contributed by atoms with van der Waals surface area (Å²) in [5, 5.41) is 4.95. The smallest absolute Gasteiger partial charge is 0.281 e. The molecule has 1 aliphatic heterocycles. The minimum Gasteiger partial charge on any atom is -0.327 e. The van der Waals surface area contributed by atoms with Crippen molar-refractivity contribution in [3.63, 3.8) is 0 Å². The van der Waals surface area contributed by atoms with Crippen LogP contribution in [0.4, 0.5) is 25.3 Å². The van der Waals surface area contributed by atoms with Crippen LogP contribution in [0.25, 0.3) is 6.08 Å². The molecule has 3 aromatic rings. The van der Waals surface area contributed by atoms with E-state index in [4.69, 9.17) is 12.2 Å². The van der Waals surface area contributed by atoms with Gasteiger partial charge < -0.3 is 5.32 Å². The van der Waals surface area contributed by atoms with E-state index in [-0.39, 0.29) is 27.5 Å². The molecule has 1 aromatic heterocycles. The van der Waals surface area contributed by atoms with Crippen LogP contribution in [0, 0.1) is 11.6 Å². The lowest BCUT2D eigenvalue weighted by Crippen LogP contribution is -2.30. The fourth-order valence-electron chi connectivity index (χ4n) is 3.35. The molecule has 6 nitrogen and oxygen atoms in total. The fraction of sp³-hybridized carbons (Fsp3) is 0.130. The zero-order valence-electron chi connectivity index (χ0n) is 17.6. The predicted molar refractivity (Wildman–Crippen MR) is 128 cm³/mol. The van der Waals surface area contributed by atoms with E-state index in [9.17, 15) is 18.4 Å². The standard InChI is InChI=1S/C23H18F2N4O2S2/c1-3-14-5-4-6-17(9-14)29-21(31)19(27-22(29)32)11-16-12-33-23(26-16)28(13(2)30)20-8-7-15(24)10-18(20)25/h4-12H,3H2,1-2H3,(H,27,32)/b19-11+. The van der Waals surface area contributed by atoms with E-state index >= 15 is 0 Å². The molecule has 0 saturated carbocycles. The molecular weight excluding hydrogens is 466 g/mol. The van der Waals surface area contributed by atoms with Crippen molar-refractivity contribution in [2.75, 3.05) is 9.80 Å². The third kappa shape index (κ3) is 4.53. The number of thiocarbonyl (C=S) groups is 1. The van der Waals surface area contributed by atoms with Gasteiger partial charge in [-0.15, -0.1) is 11.3 Å². The number of carbonyl (C=O) groups excluding carboxylic acids is 2. The highest BCUT2D eigenvalue weighted by Crippen LogP contribution is 2.32. The van der Waals surface area contributed by atoms with E-state index in [0.29, 0.717) is 17.4 Å². The number of aryl methyl sites for hydroxylation is 1. The predicted octanol–water partition coefficient (Wildman–Crippen LogP) is 4.93. The molecule has 33 heavy (non-hydrogen) atoms. The second-order valence-corrected chi connectivity index (χ2v) is 8.38. The van der Waals surface area contributed by atoms with E-state index in [1.165, 1.54) is 24.0 Å². The molecule has 168 valence electrons. The van der Waals surface area contributed by atoms with E-state index in [2.05, 4.69) is 10.3 Å². The highest BCUT2D eigenvalue weighted by atomic mass is 32.1. The van der Waals surface area contributed by atoms with Gasteiger partial charge >= 0.3 is 0 Å². The Kier molecular flexibility index (Phi) is 6.30. The molecule has 2 heterocycles. The minimum atomic E-state index is -0.886. The van der Waals surface area contributed by atoms with E-state index in [1.54, 1.807) is 11.4 Å². The van der Waals surface area contributed by atoms with Crippen LogP contribution in [-0.2, 0) is 16.0 Å². The summed E-state index contributed by atoms with van der Waals surface area (Å²) in [4.78, 5) is 32.0. The first-order valence-corrected chi connectivity index (χ1v) is 11.2. The van der Waals surface area contributed by atoms with Gasteiger partial charge in [0.2, 0.25) is 5.91 Å². The summed E-state index contributed by atoms with van der Waals surface area (Å²) in [5.74, 6) is -2.47. The summed E-state index contributed by atoms with van der Waals surface area (Å²) in [5.41, 5.74) is 2.22. The maximum Gasteiger partial charge on any atom is 0.281 e. The van der Waals surface area contributed by atoms with Crippen LogP contribution in [0.3, 0.4) is 0 Å². The second-order valence-electron chi connectivity index (χ2n) is 7.16. The largest absolute Gasteiger partial charge is 0.327 e. The van der Waals surface area contributed by atoms with Gasteiger partial charge in [-0.1, -0.05) is 19.1 Å². The topological polar surface area (TPSA) is 65.5 Å². The molecule has 10 heteroatoms. The van der Waals surface area contributed by atoms with Crippen molar-refractivity contribution >= 4 is 63.1 Å². The Labute approximate surface area is 198 Å². The quantitative estimate of drug-likeness (QED) is 0.411. The van der Waals surface area contributed by atoms with Crippen molar-refractivity contribution in [3.8, 4) is 0 Å². The number of hydrogen-bond acceptors (Lipinski definition) is 5. The van der Waals surface area contributed by atoms with Crippen LogP contribution in [0.5, 0.6) is 0 Å². The van der Waals surface area contributed by atoms with E-state index in [0.717, 1.165) is 34.3 Å². The molecule has 0 atom stereocenters. The van der Waals surface area contributed by atoms with Crippen molar-refractivity contribution in [2.24, 2.45) is 0 Å².